The van der Waals surface area contributed by atoms with E-state index in [0.717, 1.165) is 44.4 Å². The molecule has 0 bridgehead atoms. The van der Waals surface area contributed by atoms with Crippen molar-refractivity contribution in [3.8, 4) is 11.4 Å². The number of methoxy groups -OCH3 is 1. The summed E-state index contributed by atoms with van der Waals surface area (Å²) in [5.41, 5.74) is 0.396. The van der Waals surface area contributed by atoms with Gasteiger partial charge in [0.15, 0.2) is 11.6 Å². The van der Waals surface area contributed by atoms with Crippen LogP contribution in [0.25, 0.3) is 11.4 Å². The molecule has 0 radical (unpaired) electrons. The van der Waals surface area contributed by atoms with E-state index in [1.54, 1.807) is 7.11 Å². The summed E-state index contributed by atoms with van der Waals surface area (Å²) < 4.78 is 37.3. The number of likely N-dealkylation sites (tertiary alicyclic amines) is 1. The van der Waals surface area contributed by atoms with Crippen LogP contribution in [-0.4, -0.2) is 40.8 Å². The van der Waals surface area contributed by atoms with E-state index in [9.17, 15) is 8.78 Å². The third-order valence-corrected chi connectivity index (χ3v) is 4.84. The molecule has 25 heavy (non-hydrogen) atoms. The minimum atomic E-state index is -0.926. The number of hydrogen-bond acceptors (Lipinski definition) is 5. The van der Waals surface area contributed by atoms with Gasteiger partial charge in [0.25, 0.3) is 0 Å². The topological polar surface area (TPSA) is 51.4 Å². The molecule has 5 nitrogen and oxygen atoms in total. The van der Waals surface area contributed by atoms with Crippen molar-refractivity contribution in [2.45, 2.75) is 44.7 Å². The molecular formula is C18H23F2N3O2. The van der Waals surface area contributed by atoms with Crippen molar-refractivity contribution in [1.29, 1.82) is 0 Å². The quantitative estimate of drug-likeness (QED) is 0.759. The van der Waals surface area contributed by atoms with Gasteiger partial charge in [-0.3, -0.25) is 4.90 Å². The van der Waals surface area contributed by atoms with Gasteiger partial charge >= 0.3 is 0 Å². The van der Waals surface area contributed by atoms with Crippen LogP contribution in [0.2, 0.25) is 0 Å². The Labute approximate surface area is 146 Å². The number of aromatic nitrogens is 2. The van der Waals surface area contributed by atoms with Gasteiger partial charge in [-0.15, -0.1) is 0 Å². The molecule has 0 spiro atoms. The summed E-state index contributed by atoms with van der Waals surface area (Å²) >= 11 is 0. The minimum Gasteiger partial charge on any atom is -0.383 e. The van der Waals surface area contributed by atoms with Gasteiger partial charge < -0.3 is 9.26 Å². The van der Waals surface area contributed by atoms with Crippen molar-refractivity contribution >= 4 is 0 Å². The molecule has 1 aliphatic heterocycles. The van der Waals surface area contributed by atoms with E-state index >= 15 is 0 Å². The Kier molecular flexibility index (Phi) is 5.44. The third-order valence-electron chi connectivity index (χ3n) is 4.84. The monoisotopic (exact) mass is 351 g/mol. The number of rotatable bonds is 7. The van der Waals surface area contributed by atoms with Crippen molar-refractivity contribution in [3.63, 3.8) is 0 Å². The lowest BCUT2D eigenvalue weighted by atomic mass is 9.91. The standard InChI is InChI=1S/C18H23F2N3O2/c1-3-7-18(12-24-2)8-4-9-23(18)11-16-21-17(22-25-16)13-5-6-14(19)15(20)10-13/h5-6,10H,3-4,7-9,11-12H2,1-2H3. The summed E-state index contributed by atoms with van der Waals surface area (Å²) in [6.07, 6.45) is 4.31. The normalized spacial score (nSPS) is 21.1. The molecule has 1 fully saturated rings. The number of nitrogens with zero attached hydrogens (tertiary/aromatic N) is 3. The lowest BCUT2D eigenvalue weighted by molar-refractivity contribution is 0.0212. The molecule has 0 amide bonds. The van der Waals surface area contributed by atoms with E-state index < -0.39 is 11.6 Å². The maximum Gasteiger partial charge on any atom is 0.241 e. The van der Waals surface area contributed by atoms with Gasteiger partial charge in [0.05, 0.1) is 13.2 Å². The summed E-state index contributed by atoms with van der Waals surface area (Å²) in [5, 5.41) is 3.91. The first-order valence-electron chi connectivity index (χ1n) is 8.60. The Morgan fingerprint density at radius 2 is 2.16 bits per heavy atom. The van der Waals surface area contributed by atoms with Crippen LogP contribution >= 0.6 is 0 Å². The zero-order valence-electron chi connectivity index (χ0n) is 14.6. The van der Waals surface area contributed by atoms with Crippen LogP contribution in [0.15, 0.2) is 22.7 Å². The number of ether oxygens (including phenoxy) is 1. The highest BCUT2D eigenvalue weighted by Crippen LogP contribution is 2.35. The second-order valence-corrected chi connectivity index (χ2v) is 6.57. The molecular weight excluding hydrogens is 328 g/mol. The minimum absolute atomic E-state index is 0.000116. The number of hydrogen-bond donors (Lipinski definition) is 0. The Hall–Kier alpha value is -1.86. The van der Waals surface area contributed by atoms with Gasteiger partial charge in [0, 0.05) is 18.2 Å². The lowest BCUT2D eigenvalue weighted by Crippen LogP contribution is -2.47. The molecule has 1 aromatic carbocycles. The summed E-state index contributed by atoms with van der Waals surface area (Å²) in [4.78, 5) is 6.69. The highest BCUT2D eigenvalue weighted by molar-refractivity contribution is 5.54. The number of benzene rings is 1. The molecule has 1 aliphatic rings. The van der Waals surface area contributed by atoms with Gasteiger partial charge in [-0.05, 0) is 44.0 Å². The maximum absolute atomic E-state index is 13.4. The zero-order chi connectivity index (χ0) is 17.9. The fraction of sp³-hybridized carbons (Fsp3) is 0.556. The van der Waals surface area contributed by atoms with Crippen molar-refractivity contribution in [3.05, 3.63) is 35.7 Å². The summed E-state index contributed by atoms with van der Waals surface area (Å²) in [5.74, 6) is -1.09. The second-order valence-electron chi connectivity index (χ2n) is 6.57. The Balaban J connectivity index is 1.77. The van der Waals surface area contributed by atoms with Crippen molar-refractivity contribution in [2.24, 2.45) is 0 Å². The van der Waals surface area contributed by atoms with Crippen LogP contribution in [0.3, 0.4) is 0 Å². The average molecular weight is 351 g/mol. The van der Waals surface area contributed by atoms with E-state index in [2.05, 4.69) is 22.0 Å². The van der Waals surface area contributed by atoms with E-state index in [1.165, 1.54) is 6.07 Å². The van der Waals surface area contributed by atoms with E-state index in [0.29, 0.717) is 24.6 Å². The molecule has 0 aliphatic carbocycles. The first-order valence-corrected chi connectivity index (χ1v) is 8.60. The zero-order valence-corrected chi connectivity index (χ0v) is 14.6. The summed E-state index contributed by atoms with van der Waals surface area (Å²) in [6, 6.07) is 3.58. The summed E-state index contributed by atoms with van der Waals surface area (Å²) in [6.45, 7) is 4.32. The van der Waals surface area contributed by atoms with Crippen molar-refractivity contribution in [2.75, 3.05) is 20.3 Å². The SMILES string of the molecule is CCCC1(COC)CCCN1Cc1nc(-c2ccc(F)c(F)c2)no1. The molecule has 1 aromatic heterocycles. The molecule has 1 atom stereocenters. The molecule has 7 heteroatoms. The first kappa shape index (κ1) is 17.9. The van der Waals surface area contributed by atoms with Crippen LogP contribution in [-0.2, 0) is 11.3 Å². The van der Waals surface area contributed by atoms with E-state index in [1.807, 2.05) is 0 Å². The molecule has 2 heterocycles. The Bertz CT molecular complexity index is 714. The molecule has 2 aromatic rings. The highest BCUT2D eigenvalue weighted by Gasteiger charge is 2.40. The molecule has 1 unspecified atom stereocenters. The molecule has 0 N–H and O–H groups in total. The fourth-order valence-electron chi connectivity index (χ4n) is 3.73. The van der Waals surface area contributed by atoms with E-state index in [4.69, 9.17) is 9.26 Å². The Morgan fingerprint density at radius 1 is 1.32 bits per heavy atom. The first-order chi connectivity index (χ1) is 12.1. The van der Waals surface area contributed by atoms with Crippen LogP contribution < -0.4 is 0 Å². The van der Waals surface area contributed by atoms with Gasteiger partial charge in [0.1, 0.15) is 0 Å². The third kappa shape index (κ3) is 3.72. The smallest absolute Gasteiger partial charge is 0.241 e. The van der Waals surface area contributed by atoms with Crippen LogP contribution in [0.1, 0.15) is 38.5 Å². The maximum atomic E-state index is 13.4. The fourth-order valence-corrected chi connectivity index (χ4v) is 3.73. The van der Waals surface area contributed by atoms with Crippen LogP contribution in [0.4, 0.5) is 8.78 Å². The molecule has 3 rings (SSSR count). The predicted molar refractivity (Wildman–Crippen MR) is 88.8 cm³/mol. The van der Waals surface area contributed by atoms with Crippen LogP contribution in [0, 0.1) is 11.6 Å². The van der Waals surface area contributed by atoms with E-state index in [-0.39, 0.29) is 11.4 Å². The predicted octanol–water partition coefficient (Wildman–Crippen LogP) is 3.80. The van der Waals surface area contributed by atoms with Gasteiger partial charge in [0.2, 0.25) is 11.7 Å². The largest absolute Gasteiger partial charge is 0.383 e. The second kappa shape index (κ2) is 7.58. The molecule has 0 saturated carbocycles. The number of halogens is 2. The van der Waals surface area contributed by atoms with Gasteiger partial charge in [-0.2, -0.15) is 4.98 Å². The van der Waals surface area contributed by atoms with Crippen molar-refractivity contribution < 1.29 is 18.0 Å². The average Bonchev–Trinajstić information content (AvgIpc) is 3.20. The van der Waals surface area contributed by atoms with Gasteiger partial charge in [-0.25, -0.2) is 8.78 Å². The lowest BCUT2D eigenvalue weighted by Gasteiger charge is -2.37. The molecule has 1 saturated heterocycles. The van der Waals surface area contributed by atoms with Crippen LogP contribution in [0.5, 0.6) is 0 Å². The summed E-state index contributed by atoms with van der Waals surface area (Å²) in [7, 11) is 1.72. The van der Waals surface area contributed by atoms with Gasteiger partial charge in [-0.1, -0.05) is 18.5 Å². The highest BCUT2D eigenvalue weighted by atomic mass is 19.2. The van der Waals surface area contributed by atoms with Crippen molar-refractivity contribution in [1.82, 2.24) is 15.0 Å². The Morgan fingerprint density at radius 3 is 2.88 bits per heavy atom. The molecule has 136 valence electrons.